The molecule has 1 saturated heterocycles. The molecule has 2 aliphatic rings. The second-order valence-electron chi connectivity index (χ2n) is 11.4. The Hall–Kier alpha value is -3.52. The lowest BCUT2D eigenvalue weighted by atomic mass is 10.0. The molecule has 1 fully saturated rings. The highest BCUT2D eigenvalue weighted by molar-refractivity contribution is 7.86. The molecule has 0 radical (unpaired) electrons. The number of carbonyl (C=O) groups is 3. The van der Waals surface area contributed by atoms with E-state index in [1.807, 2.05) is 96.3 Å². The van der Waals surface area contributed by atoms with Crippen LogP contribution in [0.2, 0.25) is 0 Å². The molecule has 0 aliphatic carbocycles. The fourth-order valence-electron chi connectivity index (χ4n) is 5.19. The number of β-lactam (4-membered cyclic amide) rings is 1. The van der Waals surface area contributed by atoms with Gasteiger partial charge in [0.15, 0.2) is 19.3 Å². The average Bonchev–Trinajstić information content (AvgIpc) is 3.26. The summed E-state index contributed by atoms with van der Waals surface area (Å²) in [6, 6.07) is 19.6. The molecule has 43 heavy (non-hydrogen) atoms. The third-order valence-corrected chi connectivity index (χ3v) is 8.81. The zero-order chi connectivity index (χ0) is 30.2. The Morgan fingerprint density at radius 1 is 1.05 bits per heavy atom. The van der Waals surface area contributed by atoms with Crippen LogP contribution in [0.5, 0.6) is 0 Å². The molecule has 12 heteroatoms. The van der Waals surface area contributed by atoms with Crippen molar-refractivity contribution >= 4 is 28.8 Å². The number of halogens is 1. The monoisotopic (exact) mass is 718 g/mol. The second-order valence-corrected chi connectivity index (χ2v) is 12.9. The van der Waals surface area contributed by atoms with Gasteiger partial charge in [0.25, 0.3) is 5.91 Å². The summed E-state index contributed by atoms with van der Waals surface area (Å²) in [5.74, 6) is -1.22. The number of nitrogens with zero attached hydrogens (tertiary/aromatic N) is 3. The van der Waals surface area contributed by atoms with E-state index >= 15 is 0 Å². The Bertz CT molecular complexity index is 1510. The minimum absolute atomic E-state index is 0. The molecule has 0 spiro atoms. The van der Waals surface area contributed by atoms with Crippen molar-refractivity contribution in [2.45, 2.75) is 57.4 Å². The largest absolute Gasteiger partial charge is 1.00 e. The average molecular weight is 719 g/mol. The lowest BCUT2D eigenvalue weighted by Gasteiger charge is -2.49. The van der Waals surface area contributed by atoms with Gasteiger partial charge in [0.05, 0.1) is 22.2 Å². The lowest BCUT2D eigenvalue weighted by Crippen LogP contribution is -3.00. The molecule has 5 rings (SSSR count). The van der Waals surface area contributed by atoms with E-state index in [1.165, 1.54) is 4.90 Å². The van der Waals surface area contributed by atoms with Crippen LogP contribution in [0.15, 0.2) is 84.2 Å². The summed E-state index contributed by atoms with van der Waals surface area (Å²) >= 11 is 0. The lowest BCUT2D eigenvalue weighted by molar-refractivity contribution is -0.753. The van der Waals surface area contributed by atoms with Crippen molar-refractivity contribution in [2.75, 3.05) is 5.75 Å². The van der Waals surface area contributed by atoms with Gasteiger partial charge >= 0.3 is 12.1 Å². The molecule has 0 bridgehead atoms. The third kappa shape index (κ3) is 6.85. The van der Waals surface area contributed by atoms with Gasteiger partial charge in [-0.15, -0.1) is 4.68 Å². The fraction of sp³-hybridized carbons (Fsp3) is 0.355. The number of aryl methyl sites for hydroxylation is 2. The number of carbonyl (C=O) groups excluding carboxylic acids is 3. The molecule has 1 N–H and O–H groups in total. The van der Waals surface area contributed by atoms with Gasteiger partial charge in [0.2, 0.25) is 0 Å². The minimum atomic E-state index is -1.60. The molecule has 2 aromatic carbocycles. The number of alkyl carbamates (subject to hydrolysis) is 1. The number of fused-ring (bicyclic) bond motifs is 1. The van der Waals surface area contributed by atoms with Gasteiger partial charge in [-0.2, -0.15) is 4.68 Å². The molecule has 3 heterocycles. The van der Waals surface area contributed by atoms with Crippen molar-refractivity contribution in [2.24, 2.45) is 7.05 Å². The molecule has 2 amide bonds. The van der Waals surface area contributed by atoms with Crippen LogP contribution in [0.1, 0.15) is 43.7 Å². The SMILES string of the molecule is Cc1cc[n+](C)n1CC1=C(C(=O)OC(c2ccccc2)c2ccccc2)N2C(=O)[C@@H](NC(=O)OC(C)(C)C)[C@H]2S(=O)C1.[I-]. The van der Waals surface area contributed by atoms with E-state index in [2.05, 4.69) is 5.32 Å². The number of benzene rings is 2. The maximum Gasteiger partial charge on any atom is 0.408 e. The van der Waals surface area contributed by atoms with Gasteiger partial charge in [0, 0.05) is 6.07 Å². The van der Waals surface area contributed by atoms with Crippen LogP contribution in [-0.4, -0.2) is 54.5 Å². The van der Waals surface area contributed by atoms with Gasteiger partial charge in [-0.3, -0.25) is 13.9 Å². The molecule has 1 aromatic heterocycles. The Kier molecular flexibility index (Phi) is 9.79. The summed E-state index contributed by atoms with van der Waals surface area (Å²) in [7, 11) is 0.267. The van der Waals surface area contributed by atoms with Gasteiger partial charge < -0.3 is 38.8 Å². The summed E-state index contributed by atoms with van der Waals surface area (Å²) in [5.41, 5.74) is 2.24. The Morgan fingerprint density at radius 2 is 1.63 bits per heavy atom. The van der Waals surface area contributed by atoms with Gasteiger partial charge in [-0.25, -0.2) is 9.59 Å². The van der Waals surface area contributed by atoms with Crippen LogP contribution in [-0.2, 0) is 43.5 Å². The highest BCUT2D eigenvalue weighted by atomic mass is 127. The first kappa shape index (κ1) is 32.4. The number of ether oxygens (including phenoxy) is 2. The molecule has 1 unspecified atom stereocenters. The number of hydrogen-bond acceptors (Lipinski definition) is 6. The van der Waals surface area contributed by atoms with E-state index in [-0.39, 0.29) is 42.0 Å². The molecule has 228 valence electrons. The summed E-state index contributed by atoms with van der Waals surface area (Å²) in [6.07, 6.45) is 0.350. The number of aromatic nitrogens is 2. The van der Waals surface area contributed by atoms with Gasteiger partial charge in [-0.1, -0.05) is 60.7 Å². The molecule has 3 atom stereocenters. The van der Waals surface area contributed by atoms with Crippen LogP contribution in [0, 0.1) is 6.92 Å². The highest BCUT2D eigenvalue weighted by Crippen LogP contribution is 2.37. The Labute approximate surface area is 270 Å². The topological polar surface area (TPSA) is 111 Å². The number of hydrogen-bond donors (Lipinski definition) is 1. The highest BCUT2D eigenvalue weighted by Gasteiger charge is 2.58. The zero-order valence-corrected chi connectivity index (χ0v) is 27.6. The Balaban J connectivity index is 0.00000423. The van der Waals surface area contributed by atoms with Crippen molar-refractivity contribution in [3.63, 3.8) is 0 Å². The molecular formula is C31H35IN4O6S. The van der Waals surface area contributed by atoms with E-state index in [0.717, 1.165) is 16.8 Å². The first-order chi connectivity index (χ1) is 19.9. The predicted molar refractivity (Wildman–Crippen MR) is 155 cm³/mol. The maximum atomic E-state index is 14.1. The molecule has 10 nitrogen and oxygen atoms in total. The fourth-order valence-corrected chi connectivity index (χ4v) is 6.87. The van der Waals surface area contributed by atoms with Crippen molar-refractivity contribution in [1.82, 2.24) is 14.9 Å². The Morgan fingerprint density at radius 3 is 2.14 bits per heavy atom. The smallest absolute Gasteiger partial charge is 0.408 e. The van der Waals surface area contributed by atoms with Crippen LogP contribution in [0.25, 0.3) is 0 Å². The molecule has 2 aliphatic heterocycles. The van der Waals surface area contributed by atoms with E-state index in [0.29, 0.717) is 5.57 Å². The van der Waals surface area contributed by atoms with E-state index in [1.54, 1.807) is 20.8 Å². The standard InChI is InChI=1S/C31H34N4O6S.HI/c1-20-16-17-33(5)34(20)18-23-19-42(39)28-24(32-30(38)41-31(2,3)4)27(36)35(28)25(23)29(37)40-26(21-12-8-6-9-13-21)22-14-10-7-11-15-22;/h6-17,24,26,28H,18-19H2,1-5H3;1H/t24-,28-,42?;/m1./s1. The van der Waals surface area contributed by atoms with Crippen LogP contribution < -0.4 is 34.0 Å². The zero-order valence-electron chi connectivity index (χ0n) is 24.7. The first-order valence-electron chi connectivity index (χ1n) is 13.7. The summed E-state index contributed by atoms with van der Waals surface area (Å²) in [5, 5.41) is 1.63. The van der Waals surface area contributed by atoms with Gasteiger partial charge in [-0.05, 0) is 44.4 Å². The summed E-state index contributed by atoms with van der Waals surface area (Å²) < 4.78 is 28.8. The van der Waals surface area contributed by atoms with E-state index in [9.17, 15) is 18.6 Å². The molecular weight excluding hydrogens is 683 g/mol. The van der Waals surface area contributed by atoms with Crippen LogP contribution >= 0.6 is 0 Å². The van der Waals surface area contributed by atoms with Crippen molar-refractivity contribution in [1.29, 1.82) is 0 Å². The quantitative estimate of drug-likeness (QED) is 0.160. The normalized spacial score (nSPS) is 19.7. The van der Waals surface area contributed by atoms with Crippen molar-refractivity contribution in [3.05, 3.63) is 101 Å². The van der Waals surface area contributed by atoms with Crippen molar-refractivity contribution in [3.8, 4) is 0 Å². The predicted octanol–water partition coefficient (Wildman–Crippen LogP) is 0.0358. The number of rotatable bonds is 7. The molecule has 0 saturated carbocycles. The summed E-state index contributed by atoms with van der Waals surface area (Å²) in [6.45, 7) is 7.29. The first-order valence-corrected chi connectivity index (χ1v) is 15.1. The number of nitrogens with one attached hydrogen (secondary N) is 1. The minimum Gasteiger partial charge on any atom is -1.00 e. The van der Waals surface area contributed by atoms with E-state index in [4.69, 9.17) is 9.47 Å². The van der Waals surface area contributed by atoms with Gasteiger partial charge in [0.1, 0.15) is 29.3 Å². The van der Waals surface area contributed by atoms with Crippen LogP contribution in [0.4, 0.5) is 4.79 Å². The second kappa shape index (κ2) is 13.0. The summed E-state index contributed by atoms with van der Waals surface area (Å²) in [4.78, 5) is 41.4. The van der Waals surface area contributed by atoms with Crippen LogP contribution in [0.3, 0.4) is 0 Å². The number of esters is 1. The third-order valence-electron chi connectivity index (χ3n) is 7.16. The number of amides is 2. The molecule has 3 aromatic rings. The van der Waals surface area contributed by atoms with Crippen molar-refractivity contribution < 1.29 is 56.7 Å². The van der Waals surface area contributed by atoms with E-state index < -0.39 is 51.9 Å². The maximum absolute atomic E-state index is 14.1.